The number of rotatable bonds is 9. The zero-order valence-corrected chi connectivity index (χ0v) is 13.2. The number of alkyl halides is 1. The van der Waals surface area contributed by atoms with E-state index in [0.29, 0.717) is 0 Å². The standard InChI is InChI=1S/C17H30ClN/c1-14(2)17(19)12-7-11-16(10-5-6-13-18)15-8-3-4-9-15/h12,15-16H,1,3-11,13,19H2,2H3/b17-12-. The van der Waals surface area contributed by atoms with Gasteiger partial charge < -0.3 is 5.73 Å². The molecule has 0 aromatic heterocycles. The first-order valence-corrected chi connectivity index (χ1v) is 8.36. The molecule has 1 aliphatic rings. The third kappa shape index (κ3) is 6.51. The van der Waals surface area contributed by atoms with Crippen molar-refractivity contribution in [3.63, 3.8) is 0 Å². The Hall–Kier alpha value is -0.430. The zero-order chi connectivity index (χ0) is 14.1. The average Bonchev–Trinajstić information content (AvgIpc) is 2.90. The fourth-order valence-corrected chi connectivity index (χ4v) is 3.36. The molecule has 0 heterocycles. The summed E-state index contributed by atoms with van der Waals surface area (Å²) < 4.78 is 0. The van der Waals surface area contributed by atoms with Gasteiger partial charge in [0, 0.05) is 11.6 Å². The van der Waals surface area contributed by atoms with Gasteiger partial charge in [0.2, 0.25) is 0 Å². The van der Waals surface area contributed by atoms with E-state index >= 15 is 0 Å². The van der Waals surface area contributed by atoms with Gasteiger partial charge in [-0.15, -0.1) is 11.6 Å². The molecule has 110 valence electrons. The number of allylic oxidation sites excluding steroid dienone is 2. The van der Waals surface area contributed by atoms with Crippen LogP contribution in [0.4, 0.5) is 0 Å². The van der Waals surface area contributed by atoms with E-state index in [1.807, 2.05) is 6.92 Å². The summed E-state index contributed by atoms with van der Waals surface area (Å²) in [6.07, 6.45) is 14.1. The zero-order valence-electron chi connectivity index (χ0n) is 12.5. The van der Waals surface area contributed by atoms with Crippen molar-refractivity contribution in [2.45, 2.75) is 64.7 Å². The molecule has 1 fully saturated rings. The van der Waals surface area contributed by atoms with E-state index in [-0.39, 0.29) is 0 Å². The molecule has 2 N–H and O–H groups in total. The lowest BCUT2D eigenvalue weighted by atomic mass is 9.83. The van der Waals surface area contributed by atoms with Crippen molar-refractivity contribution in [2.75, 3.05) is 5.88 Å². The van der Waals surface area contributed by atoms with E-state index in [2.05, 4.69) is 12.7 Å². The molecular formula is C17H30ClN. The number of nitrogens with two attached hydrogens (primary N) is 1. The SMILES string of the molecule is C=C(C)/C(N)=C/CCC(CCCCCl)C1CCCC1. The van der Waals surface area contributed by atoms with E-state index in [0.717, 1.165) is 41.8 Å². The number of halogens is 1. The van der Waals surface area contributed by atoms with Gasteiger partial charge in [-0.1, -0.05) is 51.2 Å². The summed E-state index contributed by atoms with van der Waals surface area (Å²) in [6.45, 7) is 5.86. The lowest BCUT2D eigenvalue weighted by Crippen LogP contribution is -2.12. The van der Waals surface area contributed by atoms with Crippen LogP contribution in [-0.2, 0) is 0 Å². The predicted octanol–water partition coefficient (Wildman–Crippen LogP) is 5.40. The molecule has 0 saturated heterocycles. The number of hydrogen-bond acceptors (Lipinski definition) is 1. The van der Waals surface area contributed by atoms with Gasteiger partial charge in [0.25, 0.3) is 0 Å². The Bertz CT molecular complexity index is 290. The van der Waals surface area contributed by atoms with Crippen LogP contribution in [0.5, 0.6) is 0 Å². The van der Waals surface area contributed by atoms with Crippen LogP contribution >= 0.6 is 11.6 Å². The van der Waals surface area contributed by atoms with Gasteiger partial charge in [-0.2, -0.15) is 0 Å². The molecule has 2 heteroatoms. The highest BCUT2D eigenvalue weighted by Gasteiger charge is 2.23. The summed E-state index contributed by atoms with van der Waals surface area (Å²) in [7, 11) is 0. The van der Waals surface area contributed by atoms with Gasteiger partial charge in [0.1, 0.15) is 0 Å². The average molecular weight is 284 g/mol. The van der Waals surface area contributed by atoms with E-state index in [1.165, 1.54) is 44.9 Å². The maximum Gasteiger partial charge on any atom is 0.0297 e. The Morgan fingerprint density at radius 3 is 2.58 bits per heavy atom. The van der Waals surface area contributed by atoms with Crippen molar-refractivity contribution in [3.05, 3.63) is 23.9 Å². The lowest BCUT2D eigenvalue weighted by molar-refractivity contribution is 0.294. The minimum Gasteiger partial charge on any atom is -0.399 e. The van der Waals surface area contributed by atoms with E-state index in [9.17, 15) is 0 Å². The second-order valence-corrected chi connectivity index (χ2v) is 6.38. The molecule has 1 aliphatic carbocycles. The molecule has 1 rings (SSSR count). The minimum atomic E-state index is 0.805. The Morgan fingerprint density at radius 1 is 1.32 bits per heavy atom. The van der Waals surface area contributed by atoms with Crippen LogP contribution in [0.3, 0.4) is 0 Å². The lowest BCUT2D eigenvalue weighted by Gasteiger charge is -2.23. The molecule has 0 aliphatic heterocycles. The van der Waals surface area contributed by atoms with Gasteiger partial charge >= 0.3 is 0 Å². The highest BCUT2D eigenvalue weighted by Crippen LogP contribution is 2.36. The molecule has 0 bridgehead atoms. The maximum absolute atomic E-state index is 5.92. The first kappa shape index (κ1) is 16.6. The second-order valence-electron chi connectivity index (χ2n) is 6.01. The van der Waals surface area contributed by atoms with E-state index in [1.54, 1.807) is 0 Å². The summed E-state index contributed by atoms with van der Waals surface area (Å²) in [5.74, 6) is 2.63. The monoisotopic (exact) mass is 283 g/mol. The van der Waals surface area contributed by atoms with Crippen LogP contribution in [0.25, 0.3) is 0 Å². The molecule has 19 heavy (non-hydrogen) atoms. The second kappa shape index (κ2) is 9.47. The van der Waals surface area contributed by atoms with Crippen molar-refractivity contribution >= 4 is 11.6 Å². The van der Waals surface area contributed by atoms with Crippen LogP contribution in [0.1, 0.15) is 64.7 Å². The van der Waals surface area contributed by atoms with Crippen LogP contribution < -0.4 is 5.73 Å². The molecule has 1 unspecified atom stereocenters. The van der Waals surface area contributed by atoms with Crippen LogP contribution in [0, 0.1) is 11.8 Å². The Labute approximate surface area is 124 Å². The van der Waals surface area contributed by atoms with Crippen LogP contribution in [0.2, 0.25) is 0 Å². The summed E-state index contributed by atoms with van der Waals surface area (Å²) in [4.78, 5) is 0. The van der Waals surface area contributed by atoms with Crippen LogP contribution in [0.15, 0.2) is 23.9 Å². The fraction of sp³-hybridized carbons (Fsp3) is 0.765. The largest absolute Gasteiger partial charge is 0.399 e. The first-order valence-electron chi connectivity index (χ1n) is 7.82. The van der Waals surface area contributed by atoms with Crippen LogP contribution in [-0.4, -0.2) is 5.88 Å². The smallest absolute Gasteiger partial charge is 0.0297 e. The Balaban J connectivity index is 2.39. The number of unbranched alkanes of at least 4 members (excludes halogenated alkanes) is 1. The summed E-state index contributed by atoms with van der Waals surface area (Å²) >= 11 is 5.79. The molecule has 0 spiro atoms. The van der Waals surface area contributed by atoms with E-state index in [4.69, 9.17) is 17.3 Å². The molecule has 0 aromatic carbocycles. The van der Waals surface area contributed by atoms with Gasteiger partial charge in [-0.25, -0.2) is 0 Å². The fourth-order valence-electron chi connectivity index (χ4n) is 3.17. The molecule has 0 radical (unpaired) electrons. The third-order valence-electron chi connectivity index (χ3n) is 4.42. The molecule has 1 atom stereocenters. The molecular weight excluding hydrogens is 254 g/mol. The molecule has 1 saturated carbocycles. The normalized spacial score (nSPS) is 18.7. The summed E-state index contributed by atoms with van der Waals surface area (Å²) in [6, 6.07) is 0. The van der Waals surface area contributed by atoms with Gasteiger partial charge in [-0.3, -0.25) is 0 Å². The Morgan fingerprint density at radius 2 is 2.00 bits per heavy atom. The molecule has 0 aromatic rings. The first-order chi connectivity index (χ1) is 9.15. The van der Waals surface area contributed by atoms with Gasteiger partial charge in [0.05, 0.1) is 0 Å². The number of hydrogen-bond donors (Lipinski definition) is 1. The van der Waals surface area contributed by atoms with Gasteiger partial charge in [0.15, 0.2) is 0 Å². The quantitative estimate of drug-likeness (QED) is 0.342. The van der Waals surface area contributed by atoms with Crippen molar-refractivity contribution in [1.82, 2.24) is 0 Å². The summed E-state index contributed by atoms with van der Waals surface area (Å²) in [5, 5.41) is 0. The highest BCUT2D eigenvalue weighted by atomic mass is 35.5. The van der Waals surface area contributed by atoms with Gasteiger partial charge in [-0.05, 0) is 43.6 Å². The highest BCUT2D eigenvalue weighted by molar-refractivity contribution is 6.17. The Kier molecular flexibility index (Phi) is 8.29. The maximum atomic E-state index is 5.92. The minimum absolute atomic E-state index is 0.805. The van der Waals surface area contributed by atoms with Crippen molar-refractivity contribution in [2.24, 2.45) is 17.6 Å². The topological polar surface area (TPSA) is 26.0 Å². The summed E-state index contributed by atoms with van der Waals surface area (Å²) in [5.41, 5.74) is 7.77. The van der Waals surface area contributed by atoms with Crippen molar-refractivity contribution in [3.8, 4) is 0 Å². The van der Waals surface area contributed by atoms with Crippen molar-refractivity contribution < 1.29 is 0 Å². The predicted molar refractivity (Wildman–Crippen MR) is 86.3 cm³/mol. The van der Waals surface area contributed by atoms with E-state index < -0.39 is 0 Å². The van der Waals surface area contributed by atoms with Crippen molar-refractivity contribution in [1.29, 1.82) is 0 Å². The third-order valence-corrected chi connectivity index (χ3v) is 4.69. The molecule has 0 amide bonds. The molecule has 1 nitrogen and oxygen atoms in total.